The zero-order valence-electron chi connectivity index (χ0n) is 16.1. The molecular formula is C24H26N2. The van der Waals surface area contributed by atoms with Gasteiger partial charge in [0.15, 0.2) is 0 Å². The second-order valence-electron chi connectivity index (χ2n) is 8.05. The number of hydrogen-bond acceptors (Lipinski definition) is 2. The Hall–Kier alpha value is -2.48. The van der Waals surface area contributed by atoms with Crippen LogP contribution in [0, 0.1) is 0 Å². The van der Waals surface area contributed by atoms with Gasteiger partial charge in [0.05, 0.1) is 16.8 Å². The van der Waals surface area contributed by atoms with Crippen molar-refractivity contribution in [3.8, 4) is 0 Å². The molecule has 0 N–H and O–H groups in total. The zero-order chi connectivity index (χ0) is 18.3. The molecule has 2 heterocycles. The molecule has 0 radical (unpaired) electrons. The molecule has 0 fully saturated rings. The van der Waals surface area contributed by atoms with E-state index >= 15 is 0 Å². The molecule has 1 unspecified atom stereocenters. The van der Waals surface area contributed by atoms with E-state index in [2.05, 4.69) is 75.1 Å². The number of fused-ring (bicyclic) bond motifs is 2. The Balaban J connectivity index is 1.92. The van der Waals surface area contributed by atoms with Gasteiger partial charge < -0.3 is 0 Å². The van der Waals surface area contributed by atoms with Gasteiger partial charge in [-0.15, -0.1) is 0 Å². The Morgan fingerprint density at radius 1 is 1.08 bits per heavy atom. The first-order valence-electron chi connectivity index (χ1n) is 9.55. The maximum Gasteiger partial charge on any atom is 0.0744 e. The monoisotopic (exact) mass is 342 g/mol. The Bertz CT molecular complexity index is 998. The Morgan fingerprint density at radius 3 is 2.69 bits per heavy atom. The van der Waals surface area contributed by atoms with Crippen LogP contribution in [0.25, 0.3) is 10.9 Å². The average molecular weight is 342 g/mol. The number of benzene rings is 2. The van der Waals surface area contributed by atoms with Gasteiger partial charge in [0.25, 0.3) is 0 Å². The van der Waals surface area contributed by atoms with E-state index in [1.165, 1.54) is 16.7 Å². The van der Waals surface area contributed by atoms with E-state index in [4.69, 9.17) is 4.99 Å². The number of rotatable bonds is 3. The normalized spacial score (nSPS) is 16.8. The van der Waals surface area contributed by atoms with Gasteiger partial charge >= 0.3 is 0 Å². The molecule has 2 aromatic carbocycles. The third-order valence-corrected chi connectivity index (χ3v) is 5.50. The summed E-state index contributed by atoms with van der Waals surface area (Å²) >= 11 is 0. The summed E-state index contributed by atoms with van der Waals surface area (Å²) in [5.41, 5.74) is 7.33. The Morgan fingerprint density at radius 2 is 1.88 bits per heavy atom. The summed E-state index contributed by atoms with van der Waals surface area (Å²) in [4.78, 5) is 9.81. The SMILES string of the molecule is CCC(C)c1cccc2c1CC(C)(C)N=C2c1cnc2ccccc2c1. The summed E-state index contributed by atoms with van der Waals surface area (Å²) in [5.74, 6) is 0.565. The fraction of sp³-hybridized carbons (Fsp3) is 0.333. The van der Waals surface area contributed by atoms with Gasteiger partial charge in [0, 0.05) is 22.7 Å². The molecule has 1 aromatic heterocycles. The summed E-state index contributed by atoms with van der Waals surface area (Å²) in [7, 11) is 0. The van der Waals surface area contributed by atoms with Crippen LogP contribution in [0.3, 0.4) is 0 Å². The number of aliphatic imine (C=N–C) groups is 1. The lowest BCUT2D eigenvalue weighted by atomic mass is 9.79. The maximum absolute atomic E-state index is 5.14. The van der Waals surface area contributed by atoms with Gasteiger partial charge in [0.1, 0.15) is 0 Å². The van der Waals surface area contributed by atoms with Gasteiger partial charge in [-0.3, -0.25) is 9.98 Å². The molecule has 0 bridgehead atoms. The molecule has 1 atom stereocenters. The van der Waals surface area contributed by atoms with Crippen LogP contribution in [0.1, 0.15) is 62.3 Å². The van der Waals surface area contributed by atoms with Crippen molar-refractivity contribution in [2.24, 2.45) is 4.99 Å². The quantitative estimate of drug-likeness (QED) is 0.580. The lowest BCUT2D eigenvalue weighted by molar-refractivity contribution is 0.508. The summed E-state index contributed by atoms with van der Waals surface area (Å²) in [6, 6.07) is 17.2. The summed E-state index contributed by atoms with van der Waals surface area (Å²) in [6.45, 7) is 9.06. The molecule has 26 heavy (non-hydrogen) atoms. The minimum Gasteiger partial charge on any atom is -0.278 e. The van der Waals surface area contributed by atoms with Gasteiger partial charge in [-0.1, -0.05) is 50.2 Å². The van der Waals surface area contributed by atoms with E-state index in [0.717, 1.165) is 35.0 Å². The highest BCUT2D eigenvalue weighted by molar-refractivity contribution is 6.15. The smallest absolute Gasteiger partial charge is 0.0744 e. The fourth-order valence-electron chi connectivity index (χ4n) is 3.96. The van der Waals surface area contributed by atoms with E-state index in [1.807, 2.05) is 12.3 Å². The molecule has 2 heteroatoms. The summed E-state index contributed by atoms with van der Waals surface area (Å²) < 4.78 is 0. The van der Waals surface area contributed by atoms with Crippen LogP contribution in [0.2, 0.25) is 0 Å². The van der Waals surface area contributed by atoms with Crippen molar-refractivity contribution in [2.75, 3.05) is 0 Å². The van der Waals surface area contributed by atoms with Crippen molar-refractivity contribution < 1.29 is 0 Å². The number of nitrogens with zero attached hydrogens (tertiary/aromatic N) is 2. The predicted octanol–water partition coefficient (Wildman–Crippen LogP) is 5.92. The highest BCUT2D eigenvalue weighted by Gasteiger charge is 2.30. The topological polar surface area (TPSA) is 25.2 Å². The molecule has 132 valence electrons. The van der Waals surface area contributed by atoms with E-state index in [0.29, 0.717) is 5.92 Å². The first kappa shape index (κ1) is 17.0. The lowest BCUT2D eigenvalue weighted by Crippen LogP contribution is -2.30. The Labute approximate surface area is 156 Å². The van der Waals surface area contributed by atoms with Crippen molar-refractivity contribution in [2.45, 2.75) is 52.0 Å². The molecule has 1 aliphatic rings. The van der Waals surface area contributed by atoms with E-state index in [9.17, 15) is 0 Å². The number of pyridine rings is 1. The van der Waals surface area contributed by atoms with Crippen LogP contribution in [-0.4, -0.2) is 16.2 Å². The molecule has 3 aromatic rings. The van der Waals surface area contributed by atoms with Gasteiger partial charge in [0.2, 0.25) is 0 Å². The van der Waals surface area contributed by atoms with Crippen LogP contribution >= 0.6 is 0 Å². The first-order valence-corrected chi connectivity index (χ1v) is 9.55. The van der Waals surface area contributed by atoms with Crippen molar-refractivity contribution in [3.63, 3.8) is 0 Å². The maximum atomic E-state index is 5.14. The minimum atomic E-state index is -0.0997. The van der Waals surface area contributed by atoms with Crippen molar-refractivity contribution in [3.05, 3.63) is 77.0 Å². The number of aromatic nitrogens is 1. The average Bonchev–Trinajstić information content (AvgIpc) is 2.65. The molecular weight excluding hydrogens is 316 g/mol. The predicted molar refractivity (Wildman–Crippen MR) is 110 cm³/mol. The fourth-order valence-corrected chi connectivity index (χ4v) is 3.96. The molecule has 2 nitrogen and oxygen atoms in total. The van der Waals surface area contributed by atoms with E-state index < -0.39 is 0 Å². The molecule has 0 spiro atoms. The summed E-state index contributed by atoms with van der Waals surface area (Å²) in [6.07, 6.45) is 4.12. The third-order valence-electron chi connectivity index (χ3n) is 5.50. The van der Waals surface area contributed by atoms with Crippen LogP contribution < -0.4 is 0 Å². The molecule has 0 saturated carbocycles. The Kier molecular flexibility index (Phi) is 4.14. The van der Waals surface area contributed by atoms with Crippen LogP contribution in [-0.2, 0) is 6.42 Å². The van der Waals surface area contributed by atoms with Gasteiger partial charge in [-0.2, -0.15) is 0 Å². The molecule has 0 aliphatic carbocycles. The van der Waals surface area contributed by atoms with Crippen molar-refractivity contribution in [1.82, 2.24) is 4.98 Å². The molecule has 0 saturated heterocycles. The van der Waals surface area contributed by atoms with Gasteiger partial charge in [-0.05, 0) is 55.9 Å². The first-order chi connectivity index (χ1) is 12.5. The van der Waals surface area contributed by atoms with Crippen molar-refractivity contribution >= 4 is 16.6 Å². The largest absolute Gasteiger partial charge is 0.278 e. The van der Waals surface area contributed by atoms with Crippen LogP contribution in [0.5, 0.6) is 0 Å². The second kappa shape index (κ2) is 6.35. The number of hydrogen-bond donors (Lipinski definition) is 0. The van der Waals surface area contributed by atoms with E-state index in [-0.39, 0.29) is 5.54 Å². The van der Waals surface area contributed by atoms with Crippen LogP contribution in [0.15, 0.2) is 59.7 Å². The van der Waals surface area contributed by atoms with Crippen molar-refractivity contribution in [1.29, 1.82) is 0 Å². The molecule has 0 amide bonds. The highest BCUT2D eigenvalue weighted by Crippen LogP contribution is 2.35. The van der Waals surface area contributed by atoms with Crippen LogP contribution in [0.4, 0.5) is 0 Å². The summed E-state index contributed by atoms with van der Waals surface area (Å²) in [5, 5.41) is 1.16. The number of para-hydroxylation sites is 1. The van der Waals surface area contributed by atoms with E-state index in [1.54, 1.807) is 0 Å². The van der Waals surface area contributed by atoms with Gasteiger partial charge in [-0.25, -0.2) is 0 Å². The highest BCUT2D eigenvalue weighted by atomic mass is 14.9. The molecule has 4 rings (SSSR count). The zero-order valence-corrected chi connectivity index (χ0v) is 16.1. The third kappa shape index (κ3) is 2.94. The molecule has 1 aliphatic heterocycles. The lowest BCUT2D eigenvalue weighted by Gasteiger charge is -2.32. The second-order valence-corrected chi connectivity index (χ2v) is 8.05. The standard InChI is InChI=1S/C24H26N2/c1-5-16(2)19-10-8-11-20-21(19)14-24(3,4)26-23(20)18-13-17-9-6-7-12-22(17)25-15-18/h6-13,15-16H,5,14H2,1-4H3. The minimum absolute atomic E-state index is 0.0997.